The molecular formula is C11H14BrN3. The molecule has 15 heavy (non-hydrogen) atoms. The summed E-state index contributed by atoms with van der Waals surface area (Å²) in [4.78, 5) is 0. The van der Waals surface area contributed by atoms with E-state index in [1.807, 2.05) is 6.20 Å². The lowest BCUT2D eigenvalue weighted by Gasteiger charge is -2.14. The Morgan fingerprint density at radius 1 is 1.60 bits per heavy atom. The number of halogens is 1. The van der Waals surface area contributed by atoms with E-state index in [1.54, 1.807) is 10.9 Å². The average molecular weight is 268 g/mol. The van der Waals surface area contributed by atoms with E-state index in [0.29, 0.717) is 0 Å². The minimum Gasteiger partial charge on any atom is -0.254 e. The van der Waals surface area contributed by atoms with Crippen molar-refractivity contribution < 1.29 is 0 Å². The highest BCUT2D eigenvalue weighted by Gasteiger charge is 2.21. The highest BCUT2D eigenvalue weighted by molar-refractivity contribution is 9.10. The molecule has 0 spiro atoms. The Kier molecular flexibility index (Phi) is 3.42. The zero-order valence-electron chi connectivity index (χ0n) is 8.56. The Balaban J connectivity index is 2.01. The molecule has 3 nitrogen and oxygen atoms in total. The van der Waals surface area contributed by atoms with Crippen molar-refractivity contribution in [3.8, 4) is 6.07 Å². The summed E-state index contributed by atoms with van der Waals surface area (Å²) in [5.74, 6) is 0.720. The molecule has 1 unspecified atom stereocenters. The molecular weight excluding hydrogens is 254 g/mol. The third-order valence-corrected chi connectivity index (χ3v) is 3.48. The van der Waals surface area contributed by atoms with E-state index in [2.05, 4.69) is 27.1 Å². The summed E-state index contributed by atoms with van der Waals surface area (Å²) in [6.07, 6.45) is 9.77. The summed E-state index contributed by atoms with van der Waals surface area (Å²) < 4.78 is 2.71. The molecule has 0 bridgehead atoms. The van der Waals surface area contributed by atoms with Gasteiger partial charge in [-0.25, -0.2) is 0 Å². The predicted molar refractivity (Wildman–Crippen MR) is 61.2 cm³/mol. The highest BCUT2D eigenvalue weighted by atomic mass is 79.9. The van der Waals surface area contributed by atoms with Gasteiger partial charge in [-0.1, -0.05) is 25.7 Å². The van der Waals surface area contributed by atoms with Crippen LogP contribution in [0, 0.1) is 17.2 Å². The van der Waals surface area contributed by atoms with Gasteiger partial charge in [-0.2, -0.15) is 10.4 Å². The van der Waals surface area contributed by atoms with Crippen LogP contribution in [0.5, 0.6) is 0 Å². The van der Waals surface area contributed by atoms with Crippen LogP contribution in [0.3, 0.4) is 0 Å². The molecule has 1 heterocycles. The third-order valence-electron chi connectivity index (χ3n) is 3.07. The van der Waals surface area contributed by atoms with Crippen molar-refractivity contribution in [2.75, 3.05) is 0 Å². The quantitative estimate of drug-likeness (QED) is 0.844. The normalized spacial score (nSPS) is 18.9. The van der Waals surface area contributed by atoms with Crippen LogP contribution >= 0.6 is 15.9 Å². The van der Waals surface area contributed by atoms with Gasteiger partial charge in [0.05, 0.1) is 16.7 Å². The van der Waals surface area contributed by atoms with Crippen LogP contribution in [0.1, 0.15) is 38.1 Å². The first kappa shape index (κ1) is 10.7. The number of aromatic nitrogens is 2. The van der Waals surface area contributed by atoms with Gasteiger partial charge in [-0.3, -0.25) is 4.68 Å². The average Bonchev–Trinajstić information content (AvgIpc) is 2.85. The van der Waals surface area contributed by atoms with Crippen LogP contribution in [-0.2, 0) is 0 Å². The van der Waals surface area contributed by atoms with E-state index in [0.717, 1.165) is 16.8 Å². The first-order valence-electron chi connectivity index (χ1n) is 5.39. The summed E-state index contributed by atoms with van der Waals surface area (Å²) >= 11 is 3.35. The molecule has 0 aliphatic heterocycles. The van der Waals surface area contributed by atoms with E-state index in [9.17, 15) is 0 Å². The third kappa shape index (κ3) is 2.60. The smallest absolute Gasteiger partial charge is 0.138 e. The van der Waals surface area contributed by atoms with Gasteiger partial charge in [0, 0.05) is 6.20 Å². The van der Waals surface area contributed by atoms with Gasteiger partial charge in [0.15, 0.2) is 0 Å². The Hall–Kier alpha value is -0.820. The molecule has 1 aromatic heterocycles. The van der Waals surface area contributed by atoms with Crippen LogP contribution in [0.2, 0.25) is 0 Å². The Morgan fingerprint density at radius 2 is 2.33 bits per heavy atom. The Morgan fingerprint density at radius 3 is 2.87 bits per heavy atom. The summed E-state index contributed by atoms with van der Waals surface area (Å²) in [5.41, 5.74) is 0. The molecule has 1 saturated carbocycles. The van der Waals surface area contributed by atoms with E-state index in [-0.39, 0.29) is 6.04 Å². The lowest BCUT2D eigenvalue weighted by Crippen LogP contribution is -2.11. The van der Waals surface area contributed by atoms with Crippen LogP contribution in [0.15, 0.2) is 16.9 Å². The second-order valence-corrected chi connectivity index (χ2v) is 5.09. The maximum atomic E-state index is 9.12. The van der Waals surface area contributed by atoms with Gasteiger partial charge in [0.25, 0.3) is 0 Å². The van der Waals surface area contributed by atoms with Crippen molar-refractivity contribution in [2.45, 2.75) is 38.1 Å². The molecule has 1 aromatic rings. The molecule has 80 valence electrons. The minimum atomic E-state index is -0.0978. The summed E-state index contributed by atoms with van der Waals surface area (Å²) in [5, 5.41) is 13.3. The summed E-state index contributed by atoms with van der Waals surface area (Å²) in [6, 6.07) is 2.24. The maximum absolute atomic E-state index is 9.12. The molecule has 1 atom stereocenters. The number of nitrogens with zero attached hydrogens (tertiary/aromatic N) is 3. The maximum Gasteiger partial charge on any atom is 0.138 e. The molecule has 0 N–H and O–H groups in total. The van der Waals surface area contributed by atoms with E-state index < -0.39 is 0 Å². The topological polar surface area (TPSA) is 41.6 Å². The van der Waals surface area contributed by atoms with Crippen molar-refractivity contribution in [1.29, 1.82) is 5.26 Å². The fourth-order valence-corrected chi connectivity index (χ4v) is 2.57. The molecule has 4 heteroatoms. The SMILES string of the molecule is N#CC(CC1CCCC1)n1cc(Br)cn1. The lowest BCUT2D eigenvalue weighted by molar-refractivity contribution is 0.402. The van der Waals surface area contributed by atoms with E-state index >= 15 is 0 Å². The molecule has 1 aliphatic carbocycles. The van der Waals surface area contributed by atoms with Gasteiger partial charge in [-0.15, -0.1) is 0 Å². The Labute approximate surface area is 98.2 Å². The molecule has 2 rings (SSSR count). The van der Waals surface area contributed by atoms with Gasteiger partial charge in [0.1, 0.15) is 6.04 Å². The van der Waals surface area contributed by atoms with Crippen molar-refractivity contribution >= 4 is 15.9 Å². The number of hydrogen-bond donors (Lipinski definition) is 0. The monoisotopic (exact) mass is 267 g/mol. The number of nitriles is 1. The van der Waals surface area contributed by atoms with Crippen LogP contribution in [-0.4, -0.2) is 9.78 Å². The van der Waals surface area contributed by atoms with Gasteiger partial charge in [-0.05, 0) is 28.3 Å². The standard InChI is InChI=1S/C11H14BrN3/c12-10-7-14-15(8-10)11(6-13)5-9-3-1-2-4-9/h7-9,11H,1-5H2. The second kappa shape index (κ2) is 4.80. The Bertz CT molecular complexity index is 360. The zero-order valence-corrected chi connectivity index (χ0v) is 10.2. The largest absolute Gasteiger partial charge is 0.254 e. The second-order valence-electron chi connectivity index (χ2n) is 4.17. The van der Waals surface area contributed by atoms with E-state index in [4.69, 9.17) is 5.26 Å². The van der Waals surface area contributed by atoms with Gasteiger partial charge >= 0.3 is 0 Å². The first-order chi connectivity index (χ1) is 7.29. The lowest BCUT2D eigenvalue weighted by atomic mass is 9.99. The van der Waals surface area contributed by atoms with Gasteiger partial charge in [0.2, 0.25) is 0 Å². The minimum absolute atomic E-state index is 0.0978. The fraction of sp³-hybridized carbons (Fsp3) is 0.636. The van der Waals surface area contributed by atoms with Crippen molar-refractivity contribution in [1.82, 2.24) is 9.78 Å². The highest BCUT2D eigenvalue weighted by Crippen LogP contribution is 2.31. The molecule has 1 aliphatic rings. The zero-order chi connectivity index (χ0) is 10.7. The van der Waals surface area contributed by atoms with Crippen molar-refractivity contribution in [3.63, 3.8) is 0 Å². The van der Waals surface area contributed by atoms with Crippen LogP contribution in [0.25, 0.3) is 0 Å². The molecule has 0 aromatic carbocycles. The fourth-order valence-electron chi connectivity index (χ4n) is 2.27. The number of hydrogen-bond acceptors (Lipinski definition) is 2. The molecule has 0 saturated heterocycles. The van der Waals surface area contributed by atoms with Crippen LogP contribution < -0.4 is 0 Å². The molecule has 0 radical (unpaired) electrons. The first-order valence-corrected chi connectivity index (χ1v) is 6.18. The van der Waals surface area contributed by atoms with Crippen molar-refractivity contribution in [3.05, 3.63) is 16.9 Å². The summed E-state index contributed by atoms with van der Waals surface area (Å²) in [7, 11) is 0. The molecule has 0 amide bonds. The van der Waals surface area contributed by atoms with Crippen molar-refractivity contribution in [2.24, 2.45) is 5.92 Å². The van der Waals surface area contributed by atoms with Crippen LogP contribution in [0.4, 0.5) is 0 Å². The molecule has 1 fully saturated rings. The predicted octanol–water partition coefficient (Wildman–Crippen LogP) is 3.29. The van der Waals surface area contributed by atoms with E-state index in [1.165, 1.54) is 25.7 Å². The summed E-state index contributed by atoms with van der Waals surface area (Å²) in [6.45, 7) is 0. The number of rotatable bonds is 3. The van der Waals surface area contributed by atoms with Gasteiger partial charge < -0.3 is 0 Å².